The Balaban J connectivity index is 1.83. The molecule has 1 atom stereocenters. The SMILES string of the molecule is [N-]=[N+]=NCC1CC(=O)N(CCc2cccnc2)C1. The number of likely N-dealkylation sites (tertiary alicyclic amines) is 1. The summed E-state index contributed by atoms with van der Waals surface area (Å²) in [6.07, 6.45) is 4.86. The summed E-state index contributed by atoms with van der Waals surface area (Å²) in [7, 11) is 0. The molecule has 0 radical (unpaired) electrons. The number of azide groups is 1. The Morgan fingerprint density at radius 2 is 2.50 bits per heavy atom. The molecule has 2 rings (SSSR count). The molecule has 1 aliphatic rings. The lowest BCUT2D eigenvalue weighted by Crippen LogP contribution is -2.27. The number of rotatable bonds is 5. The van der Waals surface area contributed by atoms with Crippen LogP contribution in [0.3, 0.4) is 0 Å². The molecule has 1 amide bonds. The van der Waals surface area contributed by atoms with Crippen molar-refractivity contribution in [2.24, 2.45) is 11.0 Å². The van der Waals surface area contributed by atoms with Gasteiger partial charge in [-0.2, -0.15) is 0 Å². The first-order valence-electron chi connectivity index (χ1n) is 5.97. The van der Waals surface area contributed by atoms with E-state index in [1.165, 1.54) is 0 Å². The molecule has 18 heavy (non-hydrogen) atoms. The number of nitrogens with zero attached hydrogens (tertiary/aromatic N) is 5. The summed E-state index contributed by atoms with van der Waals surface area (Å²) in [5, 5.41) is 3.53. The Bertz CT molecular complexity index is 455. The molecular formula is C12H15N5O. The average Bonchev–Trinajstić information content (AvgIpc) is 2.76. The number of carbonyl (C=O) groups excluding carboxylic acids is 1. The molecule has 6 heteroatoms. The van der Waals surface area contributed by atoms with E-state index in [1.54, 1.807) is 6.20 Å². The molecule has 0 saturated carbocycles. The van der Waals surface area contributed by atoms with Gasteiger partial charge in [-0.05, 0) is 29.5 Å². The van der Waals surface area contributed by atoms with E-state index in [2.05, 4.69) is 15.0 Å². The maximum atomic E-state index is 11.7. The molecule has 0 aromatic carbocycles. The predicted octanol–water partition coefficient (Wildman–Crippen LogP) is 1.78. The van der Waals surface area contributed by atoms with Crippen LogP contribution in [0.15, 0.2) is 29.6 Å². The zero-order valence-electron chi connectivity index (χ0n) is 10.1. The summed E-state index contributed by atoms with van der Waals surface area (Å²) >= 11 is 0. The molecule has 1 saturated heterocycles. The van der Waals surface area contributed by atoms with Gasteiger partial charge in [0.15, 0.2) is 0 Å². The minimum atomic E-state index is 0.150. The first-order valence-corrected chi connectivity index (χ1v) is 5.97. The molecule has 1 fully saturated rings. The maximum absolute atomic E-state index is 11.7. The van der Waals surface area contributed by atoms with E-state index in [-0.39, 0.29) is 11.8 Å². The van der Waals surface area contributed by atoms with Crippen molar-refractivity contribution in [2.75, 3.05) is 19.6 Å². The second-order valence-corrected chi connectivity index (χ2v) is 4.43. The highest BCUT2D eigenvalue weighted by atomic mass is 16.2. The van der Waals surface area contributed by atoms with Crippen molar-refractivity contribution in [1.82, 2.24) is 9.88 Å². The quantitative estimate of drug-likeness (QED) is 0.450. The minimum absolute atomic E-state index is 0.150. The highest BCUT2D eigenvalue weighted by molar-refractivity contribution is 5.78. The molecule has 0 bridgehead atoms. The Hall–Kier alpha value is -2.07. The Morgan fingerprint density at radius 1 is 1.61 bits per heavy atom. The van der Waals surface area contributed by atoms with E-state index in [4.69, 9.17) is 5.53 Å². The number of carbonyl (C=O) groups is 1. The Labute approximate surface area is 105 Å². The molecule has 0 spiro atoms. The van der Waals surface area contributed by atoms with E-state index in [0.717, 1.165) is 12.0 Å². The lowest BCUT2D eigenvalue weighted by atomic mass is 10.1. The molecule has 0 aliphatic carbocycles. The van der Waals surface area contributed by atoms with Crippen LogP contribution in [0.5, 0.6) is 0 Å². The van der Waals surface area contributed by atoms with Crippen LogP contribution in [0.1, 0.15) is 12.0 Å². The van der Waals surface area contributed by atoms with Crippen LogP contribution in [-0.4, -0.2) is 35.4 Å². The molecule has 6 nitrogen and oxygen atoms in total. The van der Waals surface area contributed by atoms with Crippen molar-refractivity contribution >= 4 is 5.91 Å². The monoisotopic (exact) mass is 245 g/mol. The summed E-state index contributed by atoms with van der Waals surface area (Å²) in [4.78, 5) is 20.4. The van der Waals surface area contributed by atoms with Gasteiger partial charge < -0.3 is 4.90 Å². The normalized spacial score (nSPS) is 18.8. The van der Waals surface area contributed by atoms with Gasteiger partial charge in [-0.1, -0.05) is 11.2 Å². The zero-order chi connectivity index (χ0) is 12.8. The van der Waals surface area contributed by atoms with Gasteiger partial charge in [0.1, 0.15) is 0 Å². The fraction of sp³-hybridized carbons (Fsp3) is 0.500. The fourth-order valence-electron chi connectivity index (χ4n) is 2.15. The molecule has 1 aromatic rings. The van der Waals surface area contributed by atoms with Crippen LogP contribution in [-0.2, 0) is 11.2 Å². The fourth-order valence-corrected chi connectivity index (χ4v) is 2.15. The van der Waals surface area contributed by atoms with Gasteiger partial charge >= 0.3 is 0 Å². The summed E-state index contributed by atoms with van der Waals surface area (Å²) in [5.41, 5.74) is 9.39. The molecular weight excluding hydrogens is 230 g/mol. The van der Waals surface area contributed by atoms with E-state index in [0.29, 0.717) is 26.1 Å². The van der Waals surface area contributed by atoms with Crippen molar-refractivity contribution in [1.29, 1.82) is 0 Å². The second-order valence-electron chi connectivity index (χ2n) is 4.43. The number of amides is 1. The first-order chi connectivity index (χ1) is 8.79. The van der Waals surface area contributed by atoms with Gasteiger partial charge in [0, 0.05) is 43.4 Å². The molecule has 2 heterocycles. The maximum Gasteiger partial charge on any atom is 0.222 e. The third-order valence-electron chi connectivity index (χ3n) is 3.09. The Morgan fingerprint density at radius 3 is 3.22 bits per heavy atom. The Kier molecular flexibility index (Phi) is 4.15. The smallest absolute Gasteiger partial charge is 0.222 e. The zero-order valence-corrected chi connectivity index (χ0v) is 10.1. The minimum Gasteiger partial charge on any atom is -0.342 e. The summed E-state index contributed by atoms with van der Waals surface area (Å²) < 4.78 is 0. The standard InChI is InChI=1S/C12H15N5O/c13-16-15-8-11-6-12(18)17(9-11)5-3-10-2-1-4-14-7-10/h1-2,4,7,11H,3,5-6,8-9H2. The predicted molar refractivity (Wildman–Crippen MR) is 66.6 cm³/mol. The van der Waals surface area contributed by atoms with Crippen molar-refractivity contribution in [3.05, 3.63) is 40.5 Å². The van der Waals surface area contributed by atoms with Crippen molar-refractivity contribution in [3.63, 3.8) is 0 Å². The topological polar surface area (TPSA) is 82.0 Å². The van der Waals surface area contributed by atoms with E-state index in [1.807, 2.05) is 23.2 Å². The van der Waals surface area contributed by atoms with Gasteiger partial charge in [0.05, 0.1) is 0 Å². The van der Waals surface area contributed by atoms with Crippen LogP contribution < -0.4 is 0 Å². The molecule has 1 aliphatic heterocycles. The highest BCUT2D eigenvalue weighted by Crippen LogP contribution is 2.18. The van der Waals surface area contributed by atoms with Gasteiger partial charge in [0.25, 0.3) is 0 Å². The van der Waals surface area contributed by atoms with Crippen LogP contribution in [0.4, 0.5) is 0 Å². The molecule has 94 valence electrons. The number of hydrogen-bond acceptors (Lipinski definition) is 3. The van der Waals surface area contributed by atoms with Crippen LogP contribution in [0.2, 0.25) is 0 Å². The molecule has 1 aromatic heterocycles. The van der Waals surface area contributed by atoms with Crippen LogP contribution in [0, 0.1) is 5.92 Å². The van der Waals surface area contributed by atoms with Crippen molar-refractivity contribution < 1.29 is 4.79 Å². The summed E-state index contributed by atoms with van der Waals surface area (Å²) in [6.45, 7) is 1.81. The van der Waals surface area contributed by atoms with E-state index in [9.17, 15) is 4.79 Å². The molecule has 1 unspecified atom stereocenters. The van der Waals surface area contributed by atoms with Crippen molar-refractivity contribution in [2.45, 2.75) is 12.8 Å². The van der Waals surface area contributed by atoms with Gasteiger partial charge in [-0.15, -0.1) is 0 Å². The van der Waals surface area contributed by atoms with E-state index >= 15 is 0 Å². The van der Waals surface area contributed by atoms with Crippen LogP contribution >= 0.6 is 0 Å². The first kappa shape index (κ1) is 12.4. The molecule has 0 N–H and O–H groups in total. The summed E-state index contributed by atoms with van der Waals surface area (Å²) in [6, 6.07) is 3.90. The second kappa shape index (κ2) is 6.02. The average molecular weight is 245 g/mol. The van der Waals surface area contributed by atoms with Crippen molar-refractivity contribution in [3.8, 4) is 0 Å². The van der Waals surface area contributed by atoms with E-state index < -0.39 is 0 Å². The highest BCUT2D eigenvalue weighted by Gasteiger charge is 2.28. The van der Waals surface area contributed by atoms with Gasteiger partial charge in [-0.3, -0.25) is 9.78 Å². The largest absolute Gasteiger partial charge is 0.342 e. The lowest BCUT2D eigenvalue weighted by molar-refractivity contribution is -0.127. The third kappa shape index (κ3) is 3.21. The van der Waals surface area contributed by atoms with Gasteiger partial charge in [0.2, 0.25) is 5.91 Å². The number of hydrogen-bond donors (Lipinski definition) is 0. The number of aromatic nitrogens is 1. The summed E-state index contributed by atoms with van der Waals surface area (Å²) in [5.74, 6) is 0.319. The number of pyridine rings is 1. The van der Waals surface area contributed by atoms with Crippen LogP contribution in [0.25, 0.3) is 10.4 Å². The third-order valence-corrected chi connectivity index (χ3v) is 3.09. The van der Waals surface area contributed by atoms with Gasteiger partial charge in [-0.25, -0.2) is 0 Å². The lowest BCUT2D eigenvalue weighted by Gasteiger charge is -2.16.